The Labute approximate surface area is 113 Å². The van der Waals surface area contributed by atoms with Crippen LogP contribution in [0.1, 0.15) is 5.56 Å². The number of halogens is 1. The Morgan fingerprint density at radius 1 is 1.26 bits per heavy atom. The Morgan fingerprint density at radius 3 is 2.58 bits per heavy atom. The smallest absolute Gasteiger partial charge is 0.261 e. The molecule has 0 radical (unpaired) electrons. The van der Waals surface area contributed by atoms with Gasteiger partial charge in [0.15, 0.2) is 0 Å². The van der Waals surface area contributed by atoms with Crippen LogP contribution < -0.4 is 5.43 Å². The Hall–Kier alpha value is -2.47. The van der Waals surface area contributed by atoms with Crippen molar-refractivity contribution in [3.05, 3.63) is 63.3 Å². The molecule has 0 unspecified atom stereocenters. The molecule has 7 heteroatoms. The molecular weight excluding hydrogens is 268 g/mol. The van der Waals surface area contributed by atoms with Crippen LogP contribution in [0.25, 0.3) is 0 Å². The number of hydrogen-bond acceptors (Lipinski definition) is 5. The number of nitrogens with one attached hydrogen (secondary N) is 1. The van der Waals surface area contributed by atoms with Crippen LogP contribution in [0.3, 0.4) is 0 Å². The summed E-state index contributed by atoms with van der Waals surface area (Å²) in [6.07, 6.45) is 2.76. The third kappa shape index (κ3) is 3.75. The molecule has 2 aromatic rings. The molecule has 0 aliphatic carbocycles. The lowest BCUT2D eigenvalue weighted by atomic mass is 10.2. The van der Waals surface area contributed by atoms with Crippen molar-refractivity contribution in [1.29, 1.82) is 0 Å². The van der Waals surface area contributed by atoms with E-state index in [9.17, 15) is 10.1 Å². The summed E-state index contributed by atoms with van der Waals surface area (Å²) in [6.45, 7) is 0. The monoisotopic (exact) mass is 276 g/mol. The van der Waals surface area contributed by atoms with Crippen LogP contribution >= 0.6 is 11.6 Å². The van der Waals surface area contributed by atoms with Gasteiger partial charge in [0.2, 0.25) is 0 Å². The van der Waals surface area contributed by atoms with E-state index in [0.29, 0.717) is 10.8 Å². The number of nitrogens with zero attached hydrogens (tertiary/aromatic N) is 3. The van der Waals surface area contributed by atoms with Crippen LogP contribution in [-0.4, -0.2) is 16.1 Å². The maximum atomic E-state index is 10.4. The number of aromatic nitrogens is 1. The molecule has 19 heavy (non-hydrogen) atoms. The summed E-state index contributed by atoms with van der Waals surface area (Å²) < 4.78 is 0. The molecule has 2 rings (SSSR count). The van der Waals surface area contributed by atoms with Gasteiger partial charge in [-0.05, 0) is 23.8 Å². The zero-order chi connectivity index (χ0) is 13.7. The van der Waals surface area contributed by atoms with E-state index in [4.69, 9.17) is 11.6 Å². The summed E-state index contributed by atoms with van der Waals surface area (Å²) in [4.78, 5) is 13.8. The van der Waals surface area contributed by atoms with Gasteiger partial charge in [-0.1, -0.05) is 23.7 Å². The van der Waals surface area contributed by atoms with Gasteiger partial charge in [-0.2, -0.15) is 5.10 Å². The molecule has 1 aromatic carbocycles. The Morgan fingerprint density at radius 2 is 2.00 bits per heavy atom. The molecule has 1 aromatic heterocycles. The molecule has 1 heterocycles. The fourth-order valence-corrected chi connectivity index (χ4v) is 1.41. The highest BCUT2D eigenvalue weighted by Gasteiger charge is 2.04. The van der Waals surface area contributed by atoms with Crippen molar-refractivity contribution < 1.29 is 4.92 Å². The largest absolute Gasteiger partial charge is 0.287 e. The Bertz CT molecular complexity index is 596. The number of benzene rings is 1. The van der Waals surface area contributed by atoms with Crippen molar-refractivity contribution in [3.63, 3.8) is 0 Å². The number of pyridine rings is 1. The van der Waals surface area contributed by atoms with E-state index in [1.54, 1.807) is 18.3 Å². The average molecular weight is 277 g/mol. The van der Waals surface area contributed by atoms with E-state index >= 15 is 0 Å². The highest BCUT2D eigenvalue weighted by molar-refractivity contribution is 6.30. The van der Waals surface area contributed by atoms with Crippen molar-refractivity contribution in [3.8, 4) is 0 Å². The number of rotatable bonds is 4. The van der Waals surface area contributed by atoms with Crippen LogP contribution in [0.15, 0.2) is 47.7 Å². The van der Waals surface area contributed by atoms with Gasteiger partial charge in [-0.3, -0.25) is 15.5 Å². The lowest BCUT2D eigenvalue weighted by molar-refractivity contribution is -0.385. The van der Waals surface area contributed by atoms with E-state index in [1.807, 2.05) is 12.1 Å². The fraction of sp³-hybridized carbons (Fsp3) is 0. The first kappa shape index (κ1) is 13.0. The van der Waals surface area contributed by atoms with Gasteiger partial charge in [0, 0.05) is 11.1 Å². The molecule has 0 saturated heterocycles. The number of anilines is 1. The average Bonchev–Trinajstić information content (AvgIpc) is 2.41. The predicted molar refractivity (Wildman–Crippen MR) is 73.6 cm³/mol. The maximum Gasteiger partial charge on any atom is 0.287 e. The second kappa shape index (κ2) is 5.92. The summed E-state index contributed by atoms with van der Waals surface area (Å²) >= 11 is 5.76. The number of hydrazone groups is 1. The summed E-state index contributed by atoms with van der Waals surface area (Å²) in [5.41, 5.74) is 3.49. The molecule has 96 valence electrons. The molecule has 6 nitrogen and oxygen atoms in total. The third-order valence-electron chi connectivity index (χ3n) is 2.22. The molecule has 0 aliphatic rings. The summed E-state index contributed by atoms with van der Waals surface area (Å²) in [5.74, 6) is 0.427. The second-order valence-electron chi connectivity index (χ2n) is 3.58. The minimum Gasteiger partial charge on any atom is -0.261 e. The minimum atomic E-state index is -0.506. The zero-order valence-electron chi connectivity index (χ0n) is 9.65. The van der Waals surface area contributed by atoms with Gasteiger partial charge in [0.1, 0.15) is 12.0 Å². The van der Waals surface area contributed by atoms with Crippen LogP contribution in [0.5, 0.6) is 0 Å². The molecule has 0 bridgehead atoms. The third-order valence-corrected chi connectivity index (χ3v) is 2.47. The van der Waals surface area contributed by atoms with Crippen molar-refractivity contribution >= 4 is 29.3 Å². The lowest BCUT2D eigenvalue weighted by Gasteiger charge is -1.98. The van der Waals surface area contributed by atoms with Gasteiger partial charge in [0.25, 0.3) is 5.69 Å². The van der Waals surface area contributed by atoms with Crippen LogP contribution in [0.2, 0.25) is 5.02 Å². The SMILES string of the molecule is O=[N+]([O-])c1ccc(N/N=C/c2ccc(Cl)cc2)nc1. The molecular formula is C12H9ClN4O2. The lowest BCUT2D eigenvalue weighted by Crippen LogP contribution is -1.95. The molecule has 0 fully saturated rings. The van der Waals surface area contributed by atoms with Gasteiger partial charge in [-0.15, -0.1) is 0 Å². The van der Waals surface area contributed by atoms with Gasteiger partial charge in [-0.25, -0.2) is 4.98 Å². The van der Waals surface area contributed by atoms with Crippen molar-refractivity contribution in [2.45, 2.75) is 0 Å². The second-order valence-corrected chi connectivity index (χ2v) is 4.02. The summed E-state index contributed by atoms with van der Waals surface area (Å²) in [7, 11) is 0. The molecule has 1 N–H and O–H groups in total. The summed E-state index contributed by atoms with van der Waals surface area (Å²) in [6, 6.07) is 9.98. The van der Waals surface area contributed by atoms with Crippen LogP contribution in [0.4, 0.5) is 11.5 Å². The standard InChI is InChI=1S/C12H9ClN4O2/c13-10-3-1-9(2-4-10)7-15-16-12-6-5-11(8-14-12)17(18)19/h1-8H,(H,14,16)/b15-7+. The van der Waals surface area contributed by atoms with Gasteiger partial charge >= 0.3 is 0 Å². The molecule has 0 saturated carbocycles. The summed E-state index contributed by atoms with van der Waals surface area (Å²) in [5, 5.41) is 15.1. The van der Waals surface area contributed by atoms with E-state index in [1.165, 1.54) is 18.3 Å². The van der Waals surface area contributed by atoms with Crippen molar-refractivity contribution in [2.75, 3.05) is 5.43 Å². The fourth-order valence-electron chi connectivity index (χ4n) is 1.28. The first-order chi connectivity index (χ1) is 9.15. The molecule has 0 atom stereocenters. The predicted octanol–water partition coefficient (Wildman–Crippen LogP) is 3.09. The number of nitro groups is 1. The van der Waals surface area contributed by atoms with E-state index in [0.717, 1.165) is 5.56 Å². The highest BCUT2D eigenvalue weighted by atomic mass is 35.5. The van der Waals surface area contributed by atoms with E-state index < -0.39 is 4.92 Å². The quantitative estimate of drug-likeness (QED) is 0.528. The van der Waals surface area contributed by atoms with Crippen molar-refractivity contribution in [1.82, 2.24) is 4.98 Å². The van der Waals surface area contributed by atoms with E-state index in [2.05, 4.69) is 15.5 Å². The van der Waals surface area contributed by atoms with E-state index in [-0.39, 0.29) is 5.69 Å². The first-order valence-corrected chi connectivity index (χ1v) is 5.68. The van der Waals surface area contributed by atoms with Crippen LogP contribution in [0, 0.1) is 10.1 Å². The topological polar surface area (TPSA) is 80.4 Å². The molecule has 0 amide bonds. The van der Waals surface area contributed by atoms with Crippen molar-refractivity contribution in [2.24, 2.45) is 5.10 Å². The van der Waals surface area contributed by atoms with Gasteiger partial charge < -0.3 is 0 Å². The minimum absolute atomic E-state index is 0.0627. The Kier molecular flexibility index (Phi) is 4.04. The first-order valence-electron chi connectivity index (χ1n) is 5.30. The highest BCUT2D eigenvalue weighted by Crippen LogP contribution is 2.12. The van der Waals surface area contributed by atoms with Crippen LogP contribution in [-0.2, 0) is 0 Å². The zero-order valence-corrected chi connectivity index (χ0v) is 10.4. The Balaban J connectivity index is 1.98. The van der Waals surface area contributed by atoms with Gasteiger partial charge in [0.05, 0.1) is 11.1 Å². The molecule has 0 spiro atoms. The number of hydrogen-bond donors (Lipinski definition) is 1. The normalized spacial score (nSPS) is 10.6. The molecule has 0 aliphatic heterocycles. The maximum absolute atomic E-state index is 10.4.